The molecule has 5 heteroatoms. The van der Waals surface area contributed by atoms with Gasteiger partial charge in [0.05, 0.1) is 12.3 Å². The van der Waals surface area contributed by atoms with Gasteiger partial charge in [-0.2, -0.15) is 0 Å². The van der Waals surface area contributed by atoms with E-state index in [0.29, 0.717) is 6.04 Å². The number of anilines is 1. The highest BCUT2D eigenvalue weighted by atomic mass is 32.1. The smallest absolute Gasteiger partial charge is 0.185 e. The van der Waals surface area contributed by atoms with Crippen molar-refractivity contribution in [3.63, 3.8) is 0 Å². The minimum absolute atomic E-state index is 0.697. The van der Waals surface area contributed by atoms with Crippen LogP contribution < -0.4 is 10.2 Å². The normalized spacial score (nSPS) is 15.0. The summed E-state index contributed by atoms with van der Waals surface area (Å²) in [5.41, 5.74) is 1.16. The molecule has 2 rings (SSSR count). The summed E-state index contributed by atoms with van der Waals surface area (Å²) in [6, 6.07) is 0.697. The summed E-state index contributed by atoms with van der Waals surface area (Å²) in [6.07, 6.45) is 3.76. The second-order valence-electron chi connectivity index (χ2n) is 4.72. The molecular weight excluding hydrogens is 246 g/mol. The third-order valence-electron chi connectivity index (χ3n) is 3.04. The van der Waals surface area contributed by atoms with Crippen molar-refractivity contribution in [1.29, 1.82) is 0 Å². The first-order valence-corrected chi connectivity index (χ1v) is 7.63. The third-order valence-corrected chi connectivity index (χ3v) is 3.97. The molecule has 4 nitrogen and oxygen atoms in total. The lowest BCUT2D eigenvalue weighted by Gasteiger charge is -2.20. The first-order valence-electron chi connectivity index (χ1n) is 6.75. The van der Waals surface area contributed by atoms with Crippen LogP contribution in [0.1, 0.15) is 31.9 Å². The molecule has 18 heavy (non-hydrogen) atoms. The highest BCUT2D eigenvalue weighted by Crippen LogP contribution is 2.33. The van der Waals surface area contributed by atoms with E-state index < -0.39 is 0 Å². The van der Waals surface area contributed by atoms with Gasteiger partial charge in [-0.05, 0) is 25.8 Å². The lowest BCUT2D eigenvalue weighted by Crippen LogP contribution is -2.29. The molecule has 0 atom stereocenters. The van der Waals surface area contributed by atoms with E-state index in [-0.39, 0.29) is 0 Å². The monoisotopic (exact) mass is 269 g/mol. The second kappa shape index (κ2) is 7.07. The topological polar surface area (TPSA) is 37.4 Å². The van der Waals surface area contributed by atoms with Crippen molar-refractivity contribution in [2.24, 2.45) is 0 Å². The van der Waals surface area contributed by atoms with Crippen LogP contribution in [0.2, 0.25) is 0 Å². The first-order chi connectivity index (χ1) is 8.85. The van der Waals surface area contributed by atoms with Gasteiger partial charge < -0.3 is 15.0 Å². The van der Waals surface area contributed by atoms with E-state index in [1.165, 1.54) is 19.3 Å². The Morgan fingerprint density at radius 1 is 1.56 bits per heavy atom. The zero-order valence-electron chi connectivity index (χ0n) is 11.3. The van der Waals surface area contributed by atoms with Crippen LogP contribution in [-0.4, -0.2) is 37.8 Å². The standard InChI is InChI=1S/C13H23N3OS/c1-3-6-14-9-11-10-18-13(15-11)16(7-8-17-2)12-4-5-12/h10,12,14H,3-9H2,1-2H3. The number of methoxy groups -OCH3 is 1. The van der Waals surface area contributed by atoms with Gasteiger partial charge in [0.2, 0.25) is 0 Å². The lowest BCUT2D eigenvalue weighted by atomic mass is 10.4. The minimum atomic E-state index is 0.697. The van der Waals surface area contributed by atoms with Crippen molar-refractivity contribution in [2.75, 3.05) is 31.7 Å². The largest absolute Gasteiger partial charge is 0.383 e. The van der Waals surface area contributed by atoms with Crippen molar-refractivity contribution in [3.05, 3.63) is 11.1 Å². The molecule has 0 bridgehead atoms. The zero-order valence-corrected chi connectivity index (χ0v) is 12.1. The minimum Gasteiger partial charge on any atom is -0.383 e. The quantitative estimate of drug-likeness (QED) is 0.698. The van der Waals surface area contributed by atoms with E-state index in [4.69, 9.17) is 9.72 Å². The molecule has 102 valence electrons. The molecule has 0 radical (unpaired) electrons. The molecule has 0 spiro atoms. The summed E-state index contributed by atoms with van der Waals surface area (Å²) in [5.74, 6) is 0. The fraction of sp³-hybridized carbons (Fsp3) is 0.769. The zero-order chi connectivity index (χ0) is 12.8. The van der Waals surface area contributed by atoms with Crippen LogP contribution in [-0.2, 0) is 11.3 Å². The highest BCUT2D eigenvalue weighted by molar-refractivity contribution is 7.13. The summed E-state index contributed by atoms with van der Waals surface area (Å²) in [5, 5.41) is 6.71. The average molecular weight is 269 g/mol. The molecule has 1 aromatic heterocycles. The molecule has 1 aliphatic rings. The van der Waals surface area contributed by atoms with E-state index in [9.17, 15) is 0 Å². The van der Waals surface area contributed by atoms with Gasteiger partial charge in [-0.1, -0.05) is 6.92 Å². The average Bonchev–Trinajstić information content (AvgIpc) is 3.10. The Bertz CT molecular complexity index is 352. The summed E-state index contributed by atoms with van der Waals surface area (Å²) in [7, 11) is 1.76. The van der Waals surface area contributed by atoms with Gasteiger partial charge in [-0.15, -0.1) is 11.3 Å². The maximum absolute atomic E-state index is 5.18. The Labute approximate surface area is 113 Å². The number of aromatic nitrogens is 1. The summed E-state index contributed by atoms with van der Waals surface area (Å²) in [6.45, 7) is 5.85. The van der Waals surface area contributed by atoms with E-state index in [0.717, 1.165) is 37.1 Å². The summed E-state index contributed by atoms with van der Waals surface area (Å²) < 4.78 is 5.18. The Morgan fingerprint density at radius 3 is 3.06 bits per heavy atom. The highest BCUT2D eigenvalue weighted by Gasteiger charge is 2.30. The molecule has 1 heterocycles. The van der Waals surface area contributed by atoms with Crippen LogP contribution in [0, 0.1) is 0 Å². The van der Waals surface area contributed by atoms with Gasteiger partial charge in [0.1, 0.15) is 0 Å². The van der Waals surface area contributed by atoms with Gasteiger partial charge in [0.15, 0.2) is 5.13 Å². The molecule has 1 saturated carbocycles. The third kappa shape index (κ3) is 3.93. The van der Waals surface area contributed by atoms with E-state index in [1.54, 1.807) is 18.4 Å². The maximum atomic E-state index is 5.18. The van der Waals surface area contributed by atoms with Crippen LogP contribution in [0.4, 0.5) is 5.13 Å². The van der Waals surface area contributed by atoms with E-state index in [1.807, 2.05) is 0 Å². The molecule has 0 amide bonds. The maximum Gasteiger partial charge on any atom is 0.185 e. The van der Waals surface area contributed by atoms with Gasteiger partial charge in [0, 0.05) is 31.6 Å². The Balaban J connectivity index is 1.89. The van der Waals surface area contributed by atoms with Crippen LogP contribution >= 0.6 is 11.3 Å². The van der Waals surface area contributed by atoms with E-state index in [2.05, 4.69) is 22.5 Å². The molecule has 1 fully saturated rings. The van der Waals surface area contributed by atoms with Gasteiger partial charge in [-0.3, -0.25) is 0 Å². The number of nitrogens with one attached hydrogen (secondary N) is 1. The van der Waals surface area contributed by atoms with Crippen molar-refractivity contribution in [3.8, 4) is 0 Å². The fourth-order valence-electron chi connectivity index (χ4n) is 1.91. The number of rotatable bonds is 9. The van der Waals surface area contributed by atoms with Crippen molar-refractivity contribution in [1.82, 2.24) is 10.3 Å². The van der Waals surface area contributed by atoms with Gasteiger partial charge >= 0.3 is 0 Å². The number of thiazole rings is 1. The molecule has 0 unspecified atom stereocenters. The first kappa shape index (κ1) is 13.8. The van der Waals surface area contributed by atoms with E-state index >= 15 is 0 Å². The van der Waals surface area contributed by atoms with Crippen LogP contribution in [0.5, 0.6) is 0 Å². The molecule has 1 N–H and O–H groups in total. The molecule has 0 aliphatic heterocycles. The summed E-state index contributed by atoms with van der Waals surface area (Å²) in [4.78, 5) is 7.12. The fourth-order valence-corrected chi connectivity index (χ4v) is 2.84. The molecule has 1 aliphatic carbocycles. The van der Waals surface area contributed by atoms with Crippen molar-refractivity contribution in [2.45, 2.75) is 38.8 Å². The van der Waals surface area contributed by atoms with Crippen LogP contribution in [0.25, 0.3) is 0 Å². The van der Waals surface area contributed by atoms with Gasteiger partial charge in [0.25, 0.3) is 0 Å². The molecule has 0 saturated heterocycles. The summed E-state index contributed by atoms with van der Waals surface area (Å²) >= 11 is 1.75. The molecule has 1 aromatic rings. The Morgan fingerprint density at radius 2 is 2.39 bits per heavy atom. The molecular formula is C13H23N3OS. The number of hydrogen-bond acceptors (Lipinski definition) is 5. The number of nitrogens with zero attached hydrogens (tertiary/aromatic N) is 2. The number of hydrogen-bond donors (Lipinski definition) is 1. The van der Waals surface area contributed by atoms with Gasteiger partial charge in [-0.25, -0.2) is 4.98 Å². The Kier molecular flexibility index (Phi) is 5.41. The number of ether oxygens (including phenoxy) is 1. The molecule has 0 aromatic carbocycles. The van der Waals surface area contributed by atoms with Crippen LogP contribution in [0.3, 0.4) is 0 Å². The van der Waals surface area contributed by atoms with Crippen molar-refractivity contribution < 1.29 is 4.74 Å². The second-order valence-corrected chi connectivity index (χ2v) is 5.55. The SMILES string of the molecule is CCCNCc1csc(N(CCOC)C2CC2)n1. The van der Waals surface area contributed by atoms with Crippen molar-refractivity contribution >= 4 is 16.5 Å². The van der Waals surface area contributed by atoms with Crippen LogP contribution in [0.15, 0.2) is 5.38 Å². The lowest BCUT2D eigenvalue weighted by molar-refractivity contribution is 0.205. The predicted molar refractivity (Wildman–Crippen MR) is 76.4 cm³/mol. The predicted octanol–water partition coefficient (Wildman–Crippen LogP) is 2.26. The Hall–Kier alpha value is -0.650.